The van der Waals surface area contributed by atoms with Crippen LogP contribution in [0.5, 0.6) is 0 Å². The van der Waals surface area contributed by atoms with E-state index in [0.29, 0.717) is 22.3 Å². The number of primary amides is 1. The molecular weight excluding hydrogens is 298 g/mol. The molecule has 1 aromatic carbocycles. The Bertz CT molecular complexity index is 565. The average Bonchev–Trinajstić information content (AvgIpc) is 2.71. The zero-order valence-corrected chi connectivity index (χ0v) is 11.0. The number of hydrogen-bond acceptors (Lipinski definition) is 3. The molecule has 1 atom stereocenters. The highest BCUT2D eigenvalue weighted by atomic mass is 79.9. The van der Waals surface area contributed by atoms with Gasteiger partial charge in [0.25, 0.3) is 0 Å². The molecule has 1 aliphatic rings. The van der Waals surface area contributed by atoms with Gasteiger partial charge in [-0.2, -0.15) is 5.26 Å². The normalized spacial score (nSPS) is 18.8. The van der Waals surface area contributed by atoms with E-state index in [4.69, 9.17) is 11.0 Å². The third kappa shape index (κ3) is 2.22. The maximum atomic E-state index is 11.8. The maximum absolute atomic E-state index is 11.8. The Balaban J connectivity index is 2.30. The van der Waals surface area contributed by atoms with Crippen LogP contribution in [0, 0.1) is 17.2 Å². The molecule has 2 N–H and O–H groups in total. The molecule has 0 saturated carbocycles. The Kier molecular flexibility index (Phi) is 3.34. The highest BCUT2D eigenvalue weighted by Crippen LogP contribution is 2.32. The average molecular weight is 308 g/mol. The molecule has 0 radical (unpaired) electrons. The quantitative estimate of drug-likeness (QED) is 0.889. The highest BCUT2D eigenvalue weighted by molar-refractivity contribution is 9.10. The first-order chi connectivity index (χ1) is 8.52. The van der Waals surface area contributed by atoms with Crippen LogP contribution in [0.1, 0.15) is 12.0 Å². The number of nitrogens with zero attached hydrogens (tertiary/aromatic N) is 2. The largest absolute Gasteiger partial charge is 0.369 e. The Hall–Kier alpha value is -1.87. The summed E-state index contributed by atoms with van der Waals surface area (Å²) < 4.78 is 0.653. The van der Waals surface area contributed by atoms with Crippen molar-refractivity contribution in [3.8, 4) is 6.07 Å². The minimum atomic E-state index is -0.462. The van der Waals surface area contributed by atoms with Crippen molar-refractivity contribution in [2.45, 2.75) is 6.42 Å². The second-order valence-electron chi connectivity index (χ2n) is 4.09. The van der Waals surface area contributed by atoms with Gasteiger partial charge >= 0.3 is 0 Å². The van der Waals surface area contributed by atoms with E-state index >= 15 is 0 Å². The first-order valence-electron chi connectivity index (χ1n) is 5.32. The molecule has 1 fully saturated rings. The lowest BCUT2D eigenvalue weighted by Gasteiger charge is -2.18. The van der Waals surface area contributed by atoms with Crippen molar-refractivity contribution in [3.63, 3.8) is 0 Å². The van der Waals surface area contributed by atoms with E-state index in [1.807, 2.05) is 6.07 Å². The van der Waals surface area contributed by atoms with Crippen molar-refractivity contribution in [1.29, 1.82) is 5.26 Å². The minimum Gasteiger partial charge on any atom is -0.369 e. The Labute approximate surface area is 112 Å². The Morgan fingerprint density at radius 1 is 1.56 bits per heavy atom. The summed E-state index contributed by atoms with van der Waals surface area (Å²) in [5, 5.41) is 8.77. The third-order valence-corrected chi connectivity index (χ3v) is 3.53. The number of hydrogen-bond donors (Lipinski definition) is 1. The van der Waals surface area contributed by atoms with E-state index in [0.717, 1.165) is 0 Å². The van der Waals surface area contributed by atoms with Gasteiger partial charge < -0.3 is 10.6 Å². The van der Waals surface area contributed by atoms with Crippen LogP contribution in [0.4, 0.5) is 5.69 Å². The molecule has 92 valence electrons. The van der Waals surface area contributed by atoms with Crippen LogP contribution < -0.4 is 10.6 Å². The molecule has 5 nitrogen and oxygen atoms in total. The molecule has 0 aromatic heterocycles. The Morgan fingerprint density at radius 3 is 2.78 bits per heavy atom. The number of carbonyl (C=O) groups is 2. The maximum Gasteiger partial charge on any atom is 0.227 e. The number of nitriles is 1. The molecule has 0 bridgehead atoms. The van der Waals surface area contributed by atoms with E-state index in [2.05, 4.69) is 15.9 Å². The molecule has 6 heteroatoms. The lowest BCUT2D eigenvalue weighted by atomic mass is 10.1. The predicted molar refractivity (Wildman–Crippen MR) is 68.5 cm³/mol. The summed E-state index contributed by atoms with van der Waals surface area (Å²) in [7, 11) is 0. The zero-order chi connectivity index (χ0) is 13.3. The summed E-state index contributed by atoms with van der Waals surface area (Å²) in [6.45, 7) is 0.290. The summed E-state index contributed by atoms with van der Waals surface area (Å²) in [5.41, 5.74) is 6.37. The van der Waals surface area contributed by atoms with E-state index in [9.17, 15) is 9.59 Å². The van der Waals surface area contributed by atoms with Crippen LogP contribution >= 0.6 is 15.9 Å². The van der Waals surface area contributed by atoms with Gasteiger partial charge in [0.05, 0.1) is 23.2 Å². The summed E-state index contributed by atoms with van der Waals surface area (Å²) in [4.78, 5) is 24.4. The van der Waals surface area contributed by atoms with Crippen LogP contribution in [-0.4, -0.2) is 18.4 Å². The fourth-order valence-corrected chi connectivity index (χ4v) is 2.52. The van der Waals surface area contributed by atoms with Gasteiger partial charge in [-0.15, -0.1) is 0 Å². The molecule has 2 rings (SSSR count). The molecule has 1 aliphatic heterocycles. The summed E-state index contributed by atoms with van der Waals surface area (Å²) in [6, 6.07) is 6.97. The molecule has 1 unspecified atom stereocenters. The SMILES string of the molecule is N#Cc1ccc(N2CC(C(N)=O)CC2=O)c(Br)c1. The van der Waals surface area contributed by atoms with Crippen LogP contribution in [0.15, 0.2) is 22.7 Å². The van der Waals surface area contributed by atoms with Crippen molar-refractivity contribution in [3.05, 3.63) is 28.2 Å². The van der Waals surface area contributed by atoms with E-state index in [-0.39, 0.29) is 12.3 Å². The van der Waals surface area contributed by atoms with E-state index in [1.165, 1.54) is 4.90 Å². The van der Waals surface area contributed by atoms with Gasteiger partial charge in [-0.1, -0.05) is 0 Å². The molecule has 1 aromatic rings. The topological polar surface area (TPSA) is 87.2 Å². The van der Waals surface area contributed by atoms with Gasteiger partial charge in [0, 0.05) is 17.4 Å². The molecule has 1 heterocycles. The molecule has 0 aliphatic carbocycles. The van der Waals surface area contributed by atoms with Crippen LogP contribution in [0.3, 0.4) is 0 Å². The minimum absolute atomic E-state index is 0.135. The number of anilines is 1. The van der Waals surface area contributed by atoms with Crippen LogP contribution in [-0.2, 0) is 9.59 Å². The molecular formula is C12H10BrN3O2. The van der Waals surface area contributed by atoms with Crippen LogP contribution in [0.2, 0.25) is 0 Å². The fourth-order valence-electron chi connectivity index (χ4n) is 1.93. The summed E-state index contributed by atoms with van der Waals surface area (Å²) in [6.07, 6.45) is 0.141. The number of benzene rings is 1. The molecule has 18 heavy (non-hydrogen) atoms. The summed E-state index contributed by atoms with van der Waals surface area (Å²) in [5.74, 6) is -1.04. The van der Waals surface area contributed by atoms with Crippen molar-refractivity contribution in [1.82, 2.24) is 0 Å². The molecule has 2 amide bonds. The standard InChI is InChI=1S/C12H10BrN3O2/c13-9-3-7(5-14)1-2-10(9)16-6-8(12(15)18)4-11(16)17/h1-3,8H,4,6H2,(H2,15,18). The van der Waals surface area contributed by atoms with E-state index < -0.39 is 11.8 Å². The highest BCUT2D eigenvalue weighted by Gasteiger charge is 2.34. The second kappa shape index (κ2) is 4.78. The van der Waals surface area contributed by atoms with Gasteiger partial charge in [0.1, 0.15) is 0 Å². The summed E-state index contributed by atoms with van der Waals surface area (Å²) >= 11 is 3.32. The first kappa shape index (κ1) is 12.6. The smallest absolute Gasteiger partial charge is 0.227 e. The van der Waals surface area contributed by atoms with Crippen LogP contribution in [0.25, 0.3) is 0 Å². The predicted octanol–water partition coefficient (Wildman–Crippen LogP) is 1.16. The number of amides is 2. The van der Waals surface area contributed by atoms with E-state index in [1.54, 1.807) is 18.2 Å². The van der Waals surface area contributed by atoms with Crippen molar-refractivity contribution < 1.29 is 9.59 Å². The fraction of sp³-hybridized carbons (Fsp3) is 0.250. The number of nitrogens with two attached hydrogens (primary N) is 1. The van der Waals surface area contributed by atoms with Crippen molar-refractivity contribution >= 4 is 33.4 Å². The molecule has 0 spiro atoms. The van der Waals surface area contributed by atoms with Gasteiger partial charge in [-0.05, 0) is 34.1 Å². The molecule has 1 saturated heterocycles. The number of carbonyl (C=O) groups excluding carboxylic acids is 2. The van der Waals surface area contributed by atoms with Gasteiger partial charge in [-0.3, -0.25) is 9.59 Å². The van der Waals surface area contributed by atoms with Crippen molar-refractivity contribution in [2.75, 3.05) is 11.4 Å². The first-order valence-corrected chi connectivity index (χ1v) is 6.11. The number of rotatable bonds is 2. The lowest BCUT2D eigenvalue weighted by Crippen LogP contribution is -2.28. The lowest BCUT2D eigenvalue weighted by molar-refractivity contribution is -0.123. The van der Waals surface area contributed by atoms with Gasteiger partial charge in [-0.25, -0.2) is 0 Å². The Morgan fingerprint density at radius 2 is 2.28 bits per heavy atom. The van der Waals surface area contributed by atoms with Gasteiger partial charge in [0.15, 0.2) is 0 Å². The third-order valence-electron chi connectivity index (χ3n) is 2.89. The van der Waals surface area contributed by atoms with Gasteiger partial charge in [0.2, 0.25) is 11.8 Å². The second-order valence-corrected chi connectivity index (χ2v) is 4.94. The monoisotopic (exact) mass is 307 g/mol. The number of halogens is 1. The zero-order valence-electron chi connectivity index (χ0n) is 9.39. The van der Waals surface area contributed by atoms with Crippen molar-refractivity contribution in [2.24, 2.45) is 11.7 Å².